The molecule has 0 radical (unpaired) electrons. The zero-order chi connectivity index (χ0) is 17.2. The lowest BCUT2D eigenvalue weighted by atomic mass is 9.44. The molecular weight excluding hydrogens is 300 g/mol. The van der Waals surface area contributed by atoms with Crippen molar-refractivity contribution in [2.75, 3.05) is 6.61 Å². The molecule has 3 nitrogen and oxygen atoms in total. The summed E-state index contributed by atoms with van der Waals surface area (Å²) in [6.07, 6.45) is 11.2. The Bertz CT molecular complexity index is 493. The fraction of sp³-hybridized carbons (Fsp3) is 1.00. The lowest BCUT2D eigenvalue weighted by Crippen LogP contribution is -2.60. The average Bonchev–Trinajstić information content (AvgIpc) is 2.86. The van der Waals surface area contributed by atoms with E-state index in [1.54, 1.807) is 0 Å². The smallest absolute Gasteiger partial charge is 0.106 e. The van der Waals surface area contributed by atoms with Gasteiger partial charge in [0.2, 0.25) is 0 Å². The van der Waals surface area contributed by atoms with Crippen LogP contribution in [0.15, 0.2) is 0 Å². The monoisotopic (exact) mass is 336 g/mol. The SMILES string of the molecule is C[C@]12CCCC[C@@H]1CC[C@@H]1[C@@H]2CC[C@@]2(C)[C@H]1CC[C@]2(O)C(O)CO. The number of fused-ring (bicyclic) bond motifs is 5. The van der Waals surface area contributed by atoms with Gasteiger partial charge in [-0.3, -0.25) is 0 Å². The Hall–Kier alpha value is -0.120. The highest BCUT2D eigenvalue weighted by Crippen LogP contribution is 2.68. The van der Waals surface area contributed by atoms with Gasteiger partial charge in [-0.2, -0.15) is 0 Å². The fourth-order valence-electron chi connectivity index (χ4n) is 8.04. The topological polar surface area (TPSA) is 60.7 Å². The second-order valence-electron chi connectivity index (χ2n) is 10.0. The third kappa shape index (κ3) is 2.07. The summed E-state index contributed by atoms with van der Waals surface area (Å²) >= 11 is 0. The largest absolute Gasteiger partial charge is 0.394 e. The highest BCUT2D eigenvalue weighted by atomic mass is 16.4. The van der Waals surface area contributed by atoms with E-state index >= 15 is 0 Å². The van der Waals surface area contributed by atoms with Gasteiger partial charge >= 0.3 is 0 Å². The van der Waals surface area contributed by atoms with Crippen molar-refractivity contribution in [1.29, 1.82) is 0 Å². The molecular formula is C21H36O3. The second kappa shape index (κ2) is 5.69. The summed E-state index contributed by atoms with van der Waals surface area (Å²) in [6, 6.07) is 0. The lowest BCUT2D eigenvalue weighted by molar-refractivity contribution is -0.193. The zero-order valence-electron chi connectivity index (χ0n) is 15.5. The van der Waals surface area contributed by atoms with Gasteiger partial charge in [0.25, 0.3) is 0 Å². The Balaban J connectivity index is 1.64. The first kappa shape index (κ1) is 17.3. The lowest BCUT2D eigenvalue weighted by Gasteiger charge is -2.61. The number of hydrogen-bond donors (Lipinski definition) is 3. The molecule has 0 bridgehead atoms. The van der Waals surface area contributed by atoms with E-state index in [0.29, 0.717) is 23.7 Å². The van der Waals surface area contributed by atoms with Crippen LogP contribution >= 0.6 is 0 Å². The summed E-state index contributed by atoms with van der Waals surface area (Å²) in [4.78, 5) is 0. The molecule has 0 saturated heterocycles. The normalized spacial score (nSPS) is 55.4. The van der Waals surface area contributed by atoms with Gasteiger partial charge in [-0.25, -0.2) is 0 Å². The predicted molar refractivity (Wildman–Crippen MR) is 94.4 cm³/mol. The molecule has 24 heavy (non-hydrogen) atoms. The summed E-state index contributed by atoms with van der Waals surface area (Å²) in [7, 11) is 0. The van der Waals surface area contributed by atoms with Gasteiger partial charge in [0.05, 0.1) is 12.2 Å². The maximum atomic E-state index is 11.3. The van der Waals surface area contributed by atoms with Crippen LogP contribution in [-0.4, -0.2) is 33.6 Å². The molecule has 3 N–H and O–H groups in total. The van der Waals surface area contributed by atoms with Crippen molar-refractivity contribution in [1.82, 2.24) is 0 Å². The minimum atomic E-state index is -1.10. The molecule has 0 heterocycles. The van der Waals surface area contributed by atoms with Crippen molar-refractivity contribution in [2.24, 2.45) is 34.5 Å². The van der Waals surface area contributed by atoms with Crippen LogP contribution in [0.5, 0.6) is 0 Å². The van der Waals surface area contributed by atoms with Gasteiger partial charge in [-0.05, 0) is 80.5 Å². The summed E-state index contributed by atoms with van der Waals surface area (Å²) in [5, 5.41) is 31.1. The molecule has 0 aromatic heterocycles. The molecule has 0 aromatic carbocycles. The Morgan fingerprint density at radius 3 is 2.42 bits per heavy atom. The molecule has 0 aromatic rings. The van der Waals surface area contributed by atoms with Crippen LogP contribution in [0.3, 0.4) is 0 Å². The van der Waals surface area contributed by atoms with Crippen LogP contribution in [0.1, 0.15) is 78.1 Å². The molecule has 1 unspecified atom stereocenters. The molecule has 4 aliphatic carbocycles. The molecule has 8 atom stereocenters. The van der Waals surface area contributed by atoms with Crippen molar-refractivity contribution in [3.8, 4) is 0 Å². The Morgan fingerprint density at radius 1 is 0.917 bits per heavy atom. The average molecular weight is 337 g/mol. The zero-order valence-corrected chi connectivity index (χ0v) is 15.5. The molecule has 4 aliphatic rings. The summed E-state index contributed by atoms with van der Waals surface area (Å²) < 4.78 is 0. The van der Waals surface area contributed by atoms with Crippen LogP contribution in [-0.2, 0) is 0 Å². The minimum absolute atomic E-state index is 0.228. The summed E-state index contributed by atoms with van der Waals surface area (Å²) in [5.74, 6) is 2.95. The summed E-state index contributed by atoms with van der Waals surface area (Å²) in [5.41, 5.74) is -0.811. The predicted octanol–water partition coefficient (Wildman–Crippen LogP) is 3.50. The molecule has 4 rings (SSSR count). The second-order valence-corrected chi connectivity index (χ2v) is 10.0. The van der Waals surface area contributed by atoms with E-state index < -0.39 is 11.7 Å². The first-order chi connectivity index (χ1) is 11.4. The molecule has 4 saturated carbocycles. The van der Waals surface area contributed by atoms with Crippen molar-refractivity contribution in [3.63, 3.8) is 0 Å². The molecule has 4 fully saturated rings. The molecule has 0 aliphatic heterocycles. The molecule has 0 amide bonds. The van der Waals surface area contributed by atoms with E-state index in [4.69, 9.17) is 0 Å². The number of hydrogen-bond acceptors (Lipinski definition) is 3. The standard InChI is InChI=1S/C21H36O3/c1-19-10-4-3-5-14(19)6-7-15-16(19)8-11-20(2)17(15)9-12-21(20,24)18(23)13-22/h14-18,22-24H,3-13H2,1-2H3/t14-,15-,16+,17+,18?,19+,20+,21+/m1/s1. The third-order valence-corrected chi connectivity index (χ3v) is 9.52. The van der Waals surface area contributed by atoms with Crippen LogP contribution in [0.25, 0.3) is 0 Å². The Kier molecular flexibility index (Phi) is 4.10. The van der Waals surface area contributed by atoms with E-state index in [-0.39, 0.29) is 12.0 Å². The summed E-state index contributed by atoms with van der Waals surface area (Å²) in [6.45, 7) is 4.45. The Labute approximate surface area is 146 Å². The van der Waals surface area contributed by atoms with Gasteiger partial charge in [-0.15, -0.1) is 0 Å². The van der Waals surface area contributed by atoms with E-state index in [1.807, 2.05) is 0 Å². The first-order valence-electron chi connectivity index (χ1n) is 10.4. The maximum absolute atomic E-state index is 11.3. The van der Waals surface area contributed by atoms with Gasteiger partial charge < -0.3 is 15.3 Å². The van der Waals surface area contributed by atoms with Crippen molar-refractivity contribution < 1.29 is 15.3 Å². The van der Waals surface area contributed by atoms with Crippen LogP contribution in [0, 0.1) is 34.5 Å². The van der Waals surface area contributed by atoms with E-state index in [2.05, 4.69) is 13.8 Å². The molecule has 3 heteroatoms. The van der Waals surface area contributed by atoms with Crippen LogP contribution in [0.2, 0.25) is 0 Å². The van der Waals surface area contributed by atoms with Gasteiger partial charge in [0.1, 0.15) is 6.10 Å². The molecule has 138 valence electrons. The fourth-order valence-corrected chi connectivity index (χ4v) is 8.04. The van der Waals surface area contributed by atoms with E-state index in [9.17, 15) is 15.3 Å². The maximum Gasteiger partial charge on any atom is 0.106 e. The highest BCUT2D eigenvalue weighted by Gasteiger charge is 2.65. The van der Waals surface area contributed by atoms with Crippen LogP contribution in [0.4, 0.5) is 0 Å². The molecule has 0 spiro atoms. The third-order valence-electron chi connectivity index (χ3n) is 9.52. The highest BCUT2D eigenvalue weighted by molar-refractivity contribution is 5.15. The number of aliphatic hydroxyl groups excluding tert-OH is 2. The van der Waals surface area contributed by atoms with Gasteiger partial charge in [0, 0.05) is 5.41 Å². The van der Waals surface area contributed by atoms with E-state index in [0.717, 1.165) is 24.7 Å². The minimum Gasteiger partial charge on any atom is -0.394 e. The van der Waals surface area contributed by atoms with Gasteiger partial charge in [-0.1, -0.05) is 26.7 Å². The number of aliphatic hydroxyl groups is 3. The number of rotatable bonds is 2. The van der Waals surface area contributed by atoms with Crippen molar-refractivity contribution in [3.05, 3.63) is 0 Å². The van der Waals surface area contributed by atoms with Crippen LogP contribution < -0.4 is 0 Å². The first-order valence-corrected chi connectivity index (χ1v) is 10.4. The van der Waals surface area contributed by atoms with Crippen molar-refractivity contribution in [2.45, 2.75) is 89.8 Å². The quantitative estimate of drug-likeness (QED) is 0.723. The van der Waals surface area contributed by atoms with Gasteiger partial charge in [0.15, 0.2) is 0 Å². The Morgan fingerprint density at radius 2 is 1.67 bits per heavy atom. The van der Waals surface area contributed by atoms with E-state index in [1.165, 1.54) is 44.9 Å². The van der Waals surface area contributed by atoms with Crippen molar-refractivity contribution >= 4 is 0 Å².